The first-order valence-corrected chi connectivity index (χ1v) is 1.06. The fourth-order valence-corrected chi connectivity index (χ4v) is 0. The van der Waals surface area contributed by atoms with Gasteiger partial charge in [-0.1, -0.05) is 18.2 Å². The molecule has 0 aliphatic rings. The molecule has 0 rings (SSSR count). The Labute approximate surface area is 45.1 Å². The Hall–Kier alpha value is 0.718. The third kappa shape index (κ3) is 15.6. The van der Waals surface area contributed by atoms with Crippen LogP contribution >= 0.6 is 11.6 Å². The summed E-state index contributed by atoms with van der Waals surface area (Å²) in [5, 5.41) is 0. The Balaban J connectivity index is 0. The molecule has 0 aliphatic carbocycles. The Kier molecular flexibility index (Phi) is 20.5. The van der Waals surface area contributed by atoms with Crippen molar-refractivity contribution in [3.8, 4) is 0 Å². The molecule has 0 aliphatic heterocycles. The third-order valence-corrected chi connectivity index (χ3v) is 0. The molecule has 0 amide bonds. The van der Waals surface area contributed by atoms with Gasteiger partial charge in [0.05, 0.1) is 0 Å². The van der Waals surface area contributed by atoms with Crippen molar-refractivity contribution in [1.29, 1.82) is 0 Å². The second-order valence-electron chi connectivity index (χ2n) is 0.154. The van der Waals surface area contributed by atoms with Crippen molar-refractivity contribution in [2.45, 2.75) is 0 Å². The molecule has 0 fully saturated rings. The van der Waals surface area contributed by atoms with Crippen molar-refractivity contribution >= 4 is 11.6 Å². The first-order chi connectivity index (χ1) is 1.41. The minimum Gasteiger partial charge on any atom is -0.0936 e. The summed E-state index contributed by atoms with van der Waals surface area (Å²) in [5.41, 5.74) is 1.22. The van der Waals surface area contributed by atoms with E-state index in [0.717, 1.165) is 0 Å². The van der Waals surface area contributed by atoms with E-state index in [2.05, 4.69) is 6.58 Å². The van der Waals surface area contributed by atoms with Crippen LogP contribution in [0.2, 0.25) is 0 Å². The van der Waals surface area contributed by atoms with Gasteiger partial charge >= 0.3 is 21.1 Å². The Morgan fingerprint density at radius 2 is 1.75 bits per heavy atom. The summed E-state index contributed by atoms with van der Waals surface area (Å²) in [7, 11) is 0. The van der Waals surface area contributed by atoms with Crippen LogP contribution < -0.4 is 0 Å². The predicted molar refractivity (Wildman–Crippen MR) is 16.1 cm³/mol. The van der Waals surface area contributed by atoms with Gasteiger partial charge in [0.25, 0.3) is 0 Å². The normalized spacial score (nSPS) is 3.25. The molecule has 0 aromatic carbocycles. The molecule has 0 heterocycles. The van der Waals surface area contributed by atoms with Gasteiger partial charge in [-0.2, -0.15) is 0 Å². The average Bonchev–Trinajstić information content (AvgIpc) is 0.918. The Morgan fingerprint density at radius 3 is 1.75 bits per heavy atom. The van der Waals surface area contributed by atoms with Crippen molar-refractivity contribution in [3.05, 3.63) is 12.1 Å². The van der Waals surface area contributed by atoms with E-state index in [-0.39, 0.29) is 21.1 Å². The average molecular weight is 258 g/mol. The van der Waals surface area contributed by atoms with Gasteiger partial charge in [0.15, 0.2) is 0 Å². The fraction of sp³-hybridized carbons (Fsp3) is 0. The Bertz CT molecular complexity index is 13.5. The van der Waals surface area contributed by atoms with Gasteiger partial charge in [-0.3, -0.25) is 0 Å². The summed E-state index contributed by atoms with van der Waals surface area (Å²) in [5.74, 6) is 0. The van der Waals surface area contributed by atoms with Gasteiger partial charge in [0.1, 0.15) is 0 Å². The second-order valence-corrected chi connectivity index (χ2v) is 0.463. The molecule has 0 atom stereocenters. The van der Waals surface area contributed by atoms with Crippen LogP contribution in [0.4, 0.5) is 0 Å². The number of halogens is 1. The summed E-state index contributed by atoms with van der Waals surface area (Å²) < 4.78 is 0. The maximum absolute atomic E-state index is 4.76. The number of hydrogen-bond donors (Lipinski definition) is 0. The van der Waals surface area contributed by atoms with Gasteiger partial charge in [0.2, 0.25) is 0 Å². The Morgan fingerprint density at radius 1 is 1.75 bits per heavy atom. The van der Waals surface area contributed by atoms with E-state index in [1.54, 1.807) is 0 Å². The quantitative estimate of drug-likeness (QED) is 0.615. The molecule has 4 heavy (non-hydrogen) atoms. The van der Waals surface area contributed by atoms with Gasteiger partial charge < -0.3 is 0 Å². The van der Waals surface area contributed by atoms with E-state index in [1.807, 2.05) is 0 Å². The van der Waals surface area contributed by atoms with E-state index in [1.165, 1.54) is 5.54 Å². The minimum atomic E-state index is 0. The van der Waals surface area contributed by atoms with Crippen LogP contribution in [0.3, 0.4) is 0 Å². The molecule has 0 aromatic heterocycles. The maximum Gasteiger partial charge on any atom is 2.00 e. The largest absolute Gasteiger partial charge is 2.00 e. The smallest absolute Gasteiger partial charge is 0.0936 e. The zero-order valence-corrected chi connectivity index (χ0v) is 5.01. The van der Waals surface area contributed by atoms with Gasteiger partial charge in [-0.05, 0) is 5.54 Å². The van der Waals surface area contributed by atoms with Crippen LogP contribution in [0.1, 0.15) is 0 Å². The molecule has 0 N–H and O–H groups in total. The van der Waals surface area contributed by atoms with Gasteiger partial charge in [-0.25, -0.2) is 0 Å². The first kappa shape index (κ1) is 8.83. The third-order valence-electron chi connectivity index (χ3n) is 0. The van der Waals surface area contributed by atoms with E-state index < -0.39 is 0 Å². The standard InChI is InChI=1S/C2H3Cl.Pt/c1-2-3;/h2H,1H2;/q;+2. The molecule has 0 nitrogen and oxygen atoms in total. The van der Waals surface area contributed by atoms with Crippen molar-refractivity contribution in [3.63, 3.8) is 0 Å². The number of rotatable bonds is 0. The summed E-state index contributed by atoms with van der Waals surface area (Å²) >= 11 is 4.76. The zero-order valence-electron chi connectivity index (χ0n) is 1.98. The summed E-state index contributed by atoms with van der Waals surface area (Å²) in [6, 6.07) is 0. The molecule has 0 saturated heterocycles. The maximum atomic E-state index is 4.76. The van der Waals surface area contributed by atoms with Gasteiger partial charge in [0, 0.05) is 0 Å². The molecule has 0 bridgehead atoms. The minimum absolute atomic E-state index is 0. The van der Waals surface area contributed by atoms with Crippen LogP contribution in [0.25, 0.3) is 0 Å². The van der Waals surface area contributed by atoms with Crippen LogP contribution in [-0.2, 0) is 21.1 Å². The summed E-state index contributed by atoms with van der Waals surface area (Å²) in [6.07, 6.45) is 0. The molecule has 0 aromatic rings. The molecule has 0 unspecified atom stereocenters. The SMILES string of the molecule is C=CCl.[Pt+2]. The molecular weight excluding hydrogens is 255 g/mol. The van der Waals surface area contributed by atoms with Gasteiger partial charge in [-0.15, -0.1) is 0 Å². The van der Waals surface area contributed by atoms with Crippen LogP contribution in [-0.4, -0.2) is 0 Å². The molecule has 0 spiro atoms. The molecule has 2 heteroatoms. The number of hydrogen-bond acceptors (Lipinski definition) is 0. The summed E-state index contributed by atoms with van der Waals surface area (Å²) in [4.78, 5) is 0. The second kappa shape index (κ2) is 9.31. The zero-order chi connectivity index (χ0) is 2.71. The first-order valence-electron chi connectivity index (χ1n) is 0.626. The fourth-order valence-electron chi connectivity index (χ4n) is 0. The van der Waals surface area contributed by atoms with Crippen molar-refractivity contribution in [2.75, 3.05) is 0 Å². The summed E-state index contributed by atoms with van der Waals surface area (Å²) in [6.45, 7) is 3.13. The van der Waals surface area contributed by atoms with E-state index in [9.17, 15) is 0 Å². The van der Waals surface area contributed by atoms with E-state index in [4.69, 9.17) is 11.6 Å². The van der Waals surface area contributed by atoms with Crippen molar-refractivity contribution < 1.29 is 21.1 Å². The van der Waals surface area contributed by atoms with Crippen molar-refractivity contribution in [2.24, 2.45) is 0 Å². The topological polar surface area (TPSA) is 0 Å². The van der Waals surface area contributed by atoms with Crippen molar-refractivity contribution in [1.82, 2.24) is 0 Å². The molecule has 0 radical (unpaired) electrons. The van der Waals surface area contributed by atoms with Crippen LogP contribution in [0.5, 0.6) is 0 Å². The van der Waals surface area contributed by atoms with Crippen LogP contribution in [0, 0.1) is 0 Å². The van der Waals surface area contributed by atoms with E-state index in [0.29, 0.717) is 0 Å². The van der Waals surface area contributed by atoms with E-state index >= 15 is 0 Å². The van der Waals surface area contributed by atoms with Crippen LogP contribution in [0.15, 0.2) is 12.1 Å². The molecule has 0 saturated carbocycles. The molecular formula is C2H3ClPt+2. The monoisotopic (exact) mass is 257 g/mol. The predicted octanol–water partition coefficient (Wildman–Crippen LogP) is 1.37. The molecule has 26 valence electrons.